The molecule has 0 unspecified atom stereocenters. The quantitative estimate of drug-likeness (QED) is 0.802. The average Bonchev–Trinajstić information content (AvgIpc) is 2.36. The van der Waals surface area contributed by atoms with Gasteiger partial charge in [0.2, 0.25) is 0 Å². The van der Waals surface area contributed by atoms with Gasteiger partial charge in [-0.3, -0.25) is 5.32 Å². The monoisotopic (exact) mass is 250 g/mol. The van der Waals surface area contributed by atoms with Crippen molar-refractivity contribution in [3.8, 4) is 5.75 Å². The molecule has 2 N–H and O–H groups in total. The minimum atomic E-state index is -0.605. The summed E-state index contributed by atoms with van der Waals surface area (Å²) < 4.78 is 9.66. The Balaban J connectivity index is 2.61. The minimum absolute atomic E-state index is 0.125. The van der Waals surface area contributed by atoms with Gasteiger partial charge in [-0.05, 0) is 12.1 Å². The van der Waals surface area contributed by atoms with Crippen molar-refractivity contribution >= 4 is 17.9 Å². The molecule has 0 aliphatic carbocycles. The zero-order chi connectivity index (χ0) is 13.4. The van der Waals surface area contributed by atoms with Crippen LogP contribution in [0, 0.1) is 0 Å². The third kappa shape index (κ3) is 4.56. The van der Waals surface area contributed by atoms with E-state index in [2.05, 4.69) is 17.2 Å². The Bertz CT molecular complexity index is 445. The van der Waals surface area contributed by atoms with Gasteiger partial charge in [-0.1, -0.05) is 18.7 Å². The molecule has 0 heterocycles. The molecule has 2 amide bonds. The van der Waals surface area contributed by atoms with Crippen LogP contribution in [0.5, 0.6) is 5.75 Å². The molecule has 0 aliphatic rings. The molecule has 0 radical (unpaired) electrons. The fraction of sp³-hybridized carbons (Fsp3) is 0.167. The molecular formula is C12H14N2O4. The number of hydrogen-bond donors (Lipinski definition) is 2. The lowest BCUT2D eigenvalue weighted by Gasteiger charge is -2.07. The van der Waals surface area contributed by atoms with Gasteiger partial charge in [0.25, 0.3) is 0 Å². The lowest BCUT2D eigenvalue weighted by molar-refractivity contribution is 0.174. The number of rotatable bonds is 4. The van der Waals surface area contributed by atoms with E-state index in [0.29, 0.717) is 11.4 Å². The summed E-state index contributed by atoms with van der Waals surface area (Å²) in [5.41, 5.74) is 0.463. The van der Waals surface area contributed by atoms with E-state index in [4.69, 9.17) is 9.47 Å². The van der Waals surface area contributed by atoms with E-state index in [1.165, 1.54) is 19.2 Å². The second-order valence-corrected chi connectivity index (χ2v) is 3.18. The molecule has 0 bridgehead atoms. The number of carbonyl (C=O) groups is 2. The van der Waals surface area contributed by atoms with Crippen LogP contribution in [0.3, 0.4) is 0 Å². The van der Waals surface area contributed by atoms with Crippen LogP contribution in [-0.4, -0.2) is 25.8 Å². The normalized spacial score (nSPS) is 9.17. The predicted molar refractivity (Wildman–Crippen MR) is 66.7 cm³/mol. The first kappa shape index (κ1) is 13.6. The predicted octanol–water partition coefficient (Wildman–Crippen LogP) is 2.14. The van der Waals surface area contributed by atoms with Crippen molar-refractivity contribution in [2.45, 2.75) is 0 Å². The Labute approximate surface area is 105 Å². The van der Waals surface area contributed by atoms with Gasteiger partial charge >= 0.3 is 12.2 Å². The molecule has 1 aromatic carbocycles. The van der Waals surface area contributed by atoms with Gasteiger partial charge < -0.3 is 14.8 Å². The van der Waals surface area contributed by atoms with E-state index in [-0.39, 0.29) is 6.61 Å². The van der Waals surface area contributed by atoms with Crippen LogP contribution in [0.2, 0.25) is 0 Å². The third-order valence-electron chi connectivity index (χ3n) is 1.83. The summed E-state index contributed by atoms with van der Waals surface area (Å²) in [6, 6.07) is 6.38. The number of nitrogens with one attached hydrogen (secondary N) is 2. The molecule has 6 nitrogen and oxygen atoms in total. The topological polar surface area (TPSA) is 76.7 Å². The highest BCUT2D eigenvalue weighted by molar-refractivity contribution is 5.85. The Morgan fingerprint density at radius 3 is 2.83 bits per heavy atom. The van der Waals surface area contributed by atoms with Gasteiger partial charge in [0.1, 0.15) is 12.4 Å². The molecule has 0 saturated heterocycles. The fourth-order valence-electron chi connectivity index (χ4n) is 1.08. The van der Waals surface area contributed by atoms with Crippen molar-refractivity contribution in [2.75, 3.05) is 19.0 Å². The van der Waals surface area contributed by atoms with Gasteiger partial charge in [-0.15, -0.1) is 0 Å². The molecule has 6 heteroatoms. The maximum atomic E-state index is 11.3. The van der Waals surface area contributed by atoms with Gasteiger partial charge in [0, 0.05) is 18.8 Å². The first-order chi connectivity index (χ1) is 8.65. The minimum Gasteiger partial charge on any atom is -0.445 e. The summed E-state index contributed by atoms with van der Waals surface area (Å²) in [4.78, 5) is 22.3. The zero-order valence-corrected chi connectivity index (χ0v) is 9.93. The second-order valence-electron chi connectivity index (χ2n) is 3.18. The summed E-state index contributed by atoms with van der Waals surface area (Å²) in [5, 5.41) is 4.81. The zero-order valence-electron chi connectivity index (χ0n) is 9.93. The van der Waals surface area contributed by atoms with Crippen LogP contribution < -0.4 is 15.4 Å². The third-order valence-corrected chi connectivity index (χ3v) is 1.83. The molecular weight excluding hydrogens is 236 g/mol. The van der Waals surface area contributed by atoms with Crippen molar-refractivity contribution in [2.24, 2.45) is 0 Å². The smallest absolute Gasteiger partial charge is 0.412 e. The van der Waals surface area contributed by atoms with Gasteiger partial charge in [-0.25, -0.2) is 9.59 Å². The van der Waals surface area contributed by atoms with E-state index >= 15 is 0 Å². The van der Waals surface area contributed by atoms with Crippen LogP contribution in [0.25, 0.3) is 0 Å². The molecule has 18 heavy (non-hydrogen) atoms. The molecule has 1 aromatic rings. The first-order valence-electron chi connectivity index (χ1n) is 5.20. The first-order valence-corrected chi connectivity index (χ1v) is 5.20. The molecule has 1 rings (SSSR count). The van der Waals surface area contributed by atoms with E-state index in [1.807, 2.05) is 0 Å². The van der Waals surface area contributed by atoms with Crippen molar-refractivity contribution < 1.29 is 19.1 Å². The van der Waals surface area contributed by atoms with Crippen molar-refractivity contribution in [3.63, 3.8) is 0 Å². The molecule has 0 aliphatic heterocycles. The molecule has 0 aromatic heterocycles. The number of benzene rings is 1. The Hall–Kier alpha value is -2.50. The molecule has 0 saturated carbocycles. The van der Waals surface area contributed by atoms with Crippen molar-refractivity contribution in [3.05, 3.63) is 36.9 Å². The van der Waals surface area contributed by atoms with Crippen molar-refractivity contribution in [1.29, 1.82) is 0 Å². The maximum Gasteiger partial charge on any atom is 0.412 e. The summed E-state index contributed by atoms with van der Waals surface area (Å²) in [5.74, 6) is 0.316. The van der Waals surface area contributed by atoms with Crippen LogP contribution in [0.15, 0.2) is 36.9 Å². The fourth-order valence-corrected chi connectivity index (χ4v) is 1.08. The van der Waals surface area contributed by atoms with E-state index in [0.717, 1.165) is 0 Å². The molecule has 96 valence electrons. The highest BCUT2D eigenvalue weighted by Crippen LogP contribution is 2.17. The van der Waals surface area contributed by atoms with Gasteiger partial charge in [0.05, 0.1) is 0 Å². The maximum absolute atomic E-state index is 11.3. The van der Waals surface area contributed by atoms with Gasteiger partial charge in [-0.2, -0.15) is 0 Å². The molecule has 0 atom stereocenters. The number of amides is 2. The van der Waals surface area contributed by atoms with Crippen LogP contribution in [-0.2, 0) is 4.74 Å². The number of anilines is 1. The largest absolute Gasteiger partial charge is 0.445 e. The molecule has 0 spiro atoms. The SMILES string of the molecule is C=CCOC(=O)Nc1cccc(OC(=O)NC)c1. The Kier molecular flexibility index (Phi) is 5.24. The Morgan fingerprint density at radius 1 is 1.39 bits per heavy atom. The summed E-state index contributed by atoms with van der Waals surface area (Å²) in [7, 11) is 1.46. The van der Waals surface area contributed by atoms with Crippen LogP contribution >= 0.6 is 0 Å². The van der Waals surface area contributed by atoms with Crippen LogP contribution in [0.1, 0.15) is 0 Å². The second kappa shape index (κ2) is 6.95. The average molecular weight is 250 g/mol. The number of ether oxygens (including phenoxy) is 2. The highest BCUT2D eigenvalue weighted by Gasteiger charge is 2.05. The standard InChI is InChI=1S/C12H14N2O4/c1-3-7-17-12(16)14-9-5-4-6-10(8-9)18-11(15)13-2/h3-6,8H,1,7H2,2H3,(H,13,15)(H,14,16). The van der Waals surface area contributed by atoms with E-state index < -0.39 is 12.2 Å². The lowest BCUT2D eigenvalue weighted by atomic mass is 10.3. The lowest BCUT2D eigenvalue weighted by Crippen LogP contribution is -2.22. The summed E-state index contributed by atoms with van der Waals surface area (Å²) in [6.07, 6.45) is 0.276. The van der Waals surface area contributed by atoms with E-state index in [9.17, 15) is 9.59 Å². The van der Waals surface area contributed by atoms with Gasteiger partial charge in [0.15, 0.2) is 0 Å². The number of hydrogen-bond acceptors (Lipinski definition) is 4. The van der Waals surface area contributed by atoms with E-state index in [1.54, 1.807) is 18.2 Å². The highest BCUT2D eigenvalue weighted by atomic mass is 16.6. The number of carbonyl (C=O) groups excluding carboxylic acids is 2. The molecule has 0 fully saturated rings. The van der Waals surface area contributed by atoms with Crippen LogP contribution in [0.4, 0.5) is 15.3 Å². The van der Waals surface area contributed by atoms with Crippen molar-refractivity contribution in [1.82, 2.24) is 5.32 Å². The summed E-state index contributed by atoms with van der Waals surface area (Å²) in [6.45, 7) is 3.55. The Morgan fingerprint density at radius 2 is 2.17 bits per heavy atom. The summed E-state index contributed by atoms with van der Waals surface area (Å²) >= 11 is 0.